The summed E-state index contributed by atoms with van der Waals surface area (Å²) in [5.41, 5.74) is 2.29. The van der Waals surface area contributed by atoms with E-state index < -0.39 is 10.1 Å². The number of halogens is 3. The van der Waals surface area contributed by atoms with Gasteiger partial charge in [0.15, 0.2) is 5.75 Å². The molecular formula is C20H14Br2ClNO3S. The summed E-state index contributed by atoms with van der Waals surface area (Å²) in [7, 11) is -4.04. The van der Waals surface area contributed by atoms with Gasteiger partial charge in [-0.05, 0) is 70.9 Å². The number of aryl methyl sites for hydroxylation is 1. The van der Waals surface area contributed by atoms with Crippen LogP contribution in [0.2, 0.25) is 5.02 Å². The summed E-state index contributed by atoms with van der Waals surface area (Å²) in [5, 5.41) is 0.440. The van der Waals surface area contributed by atoms with Crippen molar-refractivity contribution >= 4 is 65.5 Å². The molecule has 0 fully saturated rings. The van der Waals surface area contributed by atoms with Crippen molar-refractivity contribution < 1.29 is 12.6 Å². The van der Waals surface area contributed by atoms with Crippen molar-refractivity contribution in [3.63, 3.8) is 0 Å². The Hall–Kier alpha value is -1.67. The lowest BCUT2D eigenvalue weighted by Gasteiger charge is -2.12. The van der Waals surface area contributed by atoms with Crippen molar-refractivity contribution in [2.45, 2.75) is 11.8 Å². The second-order valence-corrected chi connectivity index (χ2v) is 9.59. The quantitative estimate of drug-likeness (QED) is 0.266. The molecule has 0 aliphatic carbocycles. The number of nitrogens with zero attached hydrogens (tertiary/aromatic N) is 1. The Morgan fingerprint density at radius 2 is 1.71 bits per heavy atom. The first-order valence-electron chi connectivity index (χ1n) is 8.05. The molecule has 0 N–H and O–H groups in total. The monoisotopic (exact) mass is 541 g/mol. The van der Waals surface area contributed by atoms with Crippen LogP contribution in [-0.2, 0) is 10.1 Å². The fraction of sp³-hybridized carbons (Fsp3) is 0.0500. The van der Waals surface area contributed by atoms with Crippen molar-refractivity contribution in [1.82, 2.24) is 0 Å². The molecule has 4 nitrogen and oxygen atoms in total. The van der Waals surface area contributed by atoms with Gasteiger partial charge in [-0.15, -0.1) is 0 Å². The molecule has 144 valence electrons. The Morgan fingerprint density at radius 3 is 2.39 bits per heavy atom. The molecule has 28 heavy (non-hydrogen) atoms. The molecule has 0 saturated heterocycles. The van der Waals surface area contributed by atoms with Crippen LogP contribution < -0.4 is 4.18 Å². The molecule has 0 radical (unpaired) electrons. The summed E-state index contributed by atoms with van der Waals surface area (Å²) in [6, 6.07) is 16.9. The Morgan fingerprint density at radius 1 is 1.04 bits per heavy atom. The molecule has 0 saturated carbocycles. The van der Waals surface area contributed by atoms with Gasteiger partial charge >= 0.3 is 10.1 Å². The Kier molecular flexibility index (Phi) is 6.60. The van der Waals surface area contributed by atoms with E-state index in [1.807, 2.05) is 31.2 Å². The second kappa shape index (κ2) is 8.78. The lowest BCUT2D eigenvalue weighted by atomic mass is 10.2. The van der Waals surface area contributed by atoms with Gasteiger partial charge in [-0.2, -0.15) is 8.42 Å². The minimum absolute atomic E-state index is 0.00788. The van der Waals surface area contributed by atoms with Gasteiger partial charge < -0.3 is 4.18 Å². The summed E-state index contributed by atoms with van der Waals surface area (Å²) in [4.78, 5) is 4.48. The summed E-state index contributed by atoms with van der Waals surface area (Å²) in [6.07, 6.45) is 1.57. The number of rotatable bonds is 5. The number of hydrogen-bond acceptors (Lipinski definition) is 4. The molecular weight excluding hydrogens is 530 g/mol. The van der Waals surface area contributed by atoms with Crippen LogP contribution in [0.4, 0.5) is 5.69 Å². The van der Waals surface area contributed by atoms with E-state index in [0.717, 1.165) is 15.7 Å². The Labute approximate surface area is 185 Å². The Bertz CT molecular complexity index is 1150. The van der Waals surface area contributed by atoms with Crippen LogP contribution in [0.25, 0.3) is 0 Å². The molecule has 0 bridgehead atoms. The molecule has 0 spiro atoms. The van der Waals surface area contributed by atoms with E-state index in [9.17, 15) is 8.42 Å². The minimum atomic E-state index is -4.04. The van der Waals surface area contributed by atoms with Gasteiger partial charge in [-0.3, -0.25) is 4.99 Å². The van der Waals surface area contributed by atoms with Gasteiger partial charge in [0, 0.05) is 21.3 Å². The average Bonchev–Trinajstić information content (AvgIpc) is 2.64. The van der Waals surface area contributed by atoms with Crippen LogP contribution in [-0.4, -0.2) is 14.6 Å². The minimum Gasteiger partial charge on any atom is -0.377 e. The van der Waals surface area contributed by atoms with Crippen LogP contribution in [0.3, 0.4) is 0 Å². The van der Waals surface area contributed by atoms with Crippen molar-refractivity contribution in [1.29, 1.82) is 0 Å². The van der Waals surface area contributed by atoms with E-state index in [2.05, 4.69) is 36.9 Å². The predicted molar refractivity (Wildman–Crippen MR) is 120 cm³/mol. The van der Waals surface area contributed by atoms with Crippen LogP contribution in [0, 0.1) is 6.92 Å². The van der Waals surface area contributed by atoms with Gasteiger partial charge in [0.1, 0.15) is 4.90 Å². The second-order valence-electron chi connectivity index (χ2n) is 5.84. The highest BCUT2D eigenvalue weighted by molar-refractivity contribution is 9.11. The van der Waals surface area contributed by atoms with E-state index in [0.29, 0.717) is 15.1 Å². The van der Waals surface area contributed by atoms with Crippen molar-refractivity contribution in [3.8, 4) is 5.75 Å². The SMILES string of the molecule is Cc1ccccc1N=Cc1cc(Br)cc(Br)c1OS(=O)(=O)c1ccc(Cl)cc1. The number of benzene rings is 3. The molecule has 0 aliphatic rings. The highest BCUT2D eigenvalue weighted by Gasteiger charge is 2.21. The van der Waals surface area contributed by atoms with E-state index in [1.54, 1.807) is 18.3 Å². The maximum atomic E-state index is 12.7. The zero-order valence-electron chi connectivity index (χ0n) is 14.6. The average molecular weight is 544 g/mol. The topological polar surface area (TPSA) is 55.7 Å². The fourth-order valence-electron chi connectivity index (χ4n) is 2.37. The molecule has 0 aromatic heterocycles. The zero-order valence-corrected chi connectivity index (χ0v) is 19.3. The van der Waals surface area contributed by atoms with E-state index >= 15 is 0 Å². The molecule has 0 heterocycles. The smallest absolute Gasteiger partial charge is 0.339 e. The number of para-hydroxylation sites is 1. The standard InChI is InChI=1S/C20H14Br2ClNO3S/c1-13-4-2-3-5-19(13)24-12-14-10-15(21)11-18(22)20(14)27-28(25,26)17-8-6-16(23)7-9-17/h2-12H,1H3. The first-order valence-corrected chi connectivity index (χ1v) is 11.4. The molecule has 3 aromatic rings. The normalized spacial score (nSPS) is 11.7. The third-order valence-corrected chi connectivity index (χ3v) is 6.33. The van der Waals surface area contributed by atoms with Crippen LogP contribution in [0.5, 0.6) is 5.75 Å². The van der Waals surface area contributed by atoms with Crippen LogP contribution in [0.1, 0.15) is 11.1 Å². The van der Waals surface area contributed by atoms with Crippen LogP contribution >= 0.6 is 43.5 Å². The lowest BCUT2D eigenvalue weighted by molar-refractivity contribution is 0.484. The molecule has 0 unspecified atom stereocenters. The van der Waals surface area contributed by atoms with Gasteiger partial charge in [0.2, 0.25) is 0 Å². The Balaban J connectivity index is 2.01. The third-order valence-electron chi connectivity index (χ3n) is 3.79. The summed E-state index contributed by atoms with van der Waals surface area (Å²) < 4.78 is 32.0. The summed E-state index contributed by atoms with van der Waals surface area (Å²) in [5.74, 6) is 0.149. The summed E-state index contributed by atoms with van der Waals surface area (Å²) in [6.45, 7) is 1.95. The van der Waals surface area contributed by atoms with Crippen molar-refractivity contribution in [2.75, 3.05) is 0 Å². The molecule has 8 heteroatoms. The molecule has 0 amide bonds. The third kappa shape index (κ3) is 5.03. The highest BCUT2D eigenvalue weighted by Crippen LogP contribution is 2.34. The first-order chi connectivity index (χ1) is 13.3. The predicted octanol–water partition coefficient (Wildman–Crippen LogP) is 6.69. The van der Waals surface area contributed by atoms with Gasteiger partial charge in [-0.1, -0.05) is 45.7 Å². The molecule has 0 aliphatic heterocycles. The maximum absolute atomic E-state index is 12.7. The molecule has 3 rings (SSSR count). The largest absolute Gasteiger partial charge is 0.377 e. The van der Waals surface area contributed by atoms with Gasteiger partial charge in [-0.25, -0.2) is 0 Å². The molecule has 0 atom stereocenters. The summed E-state index contributed by atoms with van der Waals surface area (Å²) >= 11 is 12.6. The van der Waals surface area contributed by atoms with Crippen molar-refractivity contribution in [2.24, 2.45) is 4.99 Å². The number of hydrogen-bond donors (Lipinski definition) is 0. The lowest BCUT2D eigenvalue weighted by Crippen LogP contribution is -2.11. The van der Waals surface area contributed by atoms with Gasteiger partial charge in [0.05, 0.1) is 10.2 Å². The van der Waals surface area contributed by atoms with E-state index in [-0.39, 0.29) is 10.6 Å². The highest BCUT2D eigenvalue weighted by atomic mass is 79.9. The fourth-order valence-corrected chi connectivity index (χ4v) is 4.91. The van der Waals surface area contributed by atoms with E-state index in [1.165, 1.54) is 24.3 Å². The van der Waals surface area contributed by atoms with Crippen molar-refractivity contribution in [3.05, 3.63) is 85.8 Å². The van der Waals surface area contributed by atoms with Gasteiger partial charge in [0.25, 0.3) is 0 Å². The van der Waals surface area contributed by atoms with E-state index in [4.69, 9.17) is 15.8 Å². The zero-order chi connectivity index (χ0) is 20.3. The van der Waals surface area contributed by atoms with Crippen LogP contribution in [0.15, 0.2) is 79.5 Å². The molecule has 3 aromatic carbocycles. The first kappa shape index (κ1) is 21.0. The maximum Gasteiger partial charge on any atom is 0.339 e. The number of aliphatic imine (C=N–C) groups is 1.